The highest BCUT2D eigenvalue weighted by atomic mass is 32.1. The standard InChI is InChI=1S/C30H28FN5O3S/c1-18-17-21(19(2)36(18)25-13-6-3-9-20(25)29(38)39)28-27(24-12-7-8-15-32-24)34-30(40)35(28)16-14-26(37)33-23-11-5-4-10-22(23)31/h3-13,15,17,27-28H,14,16H2,1-2H3,(H,33,37)(H,34,40)(H,38,39)/t27-,28-/m1/s1. The largest absolute Gasteiger partial charge is 0.478 e. The molecule has 0 saturated carbocycles. The zero-order chi connectivity index (χ0) is 28.4. The summed E-state index contributed by atoms with van der Waals surface area (Å²) in [6.45, 7) is 4.15. The maximum Gasteiger partial charge on any atom is 0.337 e. The van der Waals surface area contributed by atoms with Gasteiger partial charge in [-0.25, -0.2) is 9.18 Å². The molecule has 0 bridgehead atoms. The third-order valence-electron chi connectivity index (χ3n) is 7.09. The van der Waals surface area contributed by atoms with E-state index in [1.807, 2.05) is 53.6 Å². The van der Waals surface area contributed by atoms with Crippen molar-refractivity contribution in [3.8, 4) is 5.69 Å². The average Bonchev–Trinajstić information content (AvgIpc) is 3.43. The monoisotopic (exact) mass is 557 g/mol. The van der Waals surface area contributed by atoms with Crippen LogP contribution in [0.4, 0.5) is 10.1 Å². The number of carboxylic acid groups (broad SMARTS) is 1. The van der Waals surface area contributed by atoms with Gasteiger partial charge in [-0.2, -0.15) is 0 Å². The van der Waals surface area contributed by atoms with Gasteiger partial charge in [0.05, 0.1) is 34.7 Å². The Bertz CT molecular complexity index is 1590. The molecule has 1 amide bonds. The van der Waals surface area contributed by atoms with E-state index in [9.17, 15) is 19.1 Å². The lowest BCUT2D eigenvalue weighted by molar-refractivity contribution is -0.116. The molecule has 0 aliphatic carbocycles. The minimum absolute atomic E-state index is 0.0716. The number of pyridine rings is 1. The van der Waals surface area contributed by atoms with Crippen LogP contribution in [0, 0.1) is 19.7 Å². The summed E-state index contributed by atoms with van der Waals surface area (Å²) in [5.74, 6) is -1.85. The second kappa shape index (κ2) is 11.3. The Morgan fingerprint density at radius 3 is 2.52 bits per heavy atom. The van der Waals surface area contributed by atoms with Crippen molar-refractivity contribution in [3.63, 3.8) is 0 Å². The van der Waals surface area contributed by atoms with Crippen LogP contribution in [-0.2, 0) is 4.79 Å². The number of rotatable bonds is 8. The van der Waals surface area contributed by atoms with Gasteiger partial charge >= 0.3 is 5.97 Å². The Morgan fingerprint density at radius 1 is 1.07 bits per heavy atom. The summed E-state index contributed by atoms with van der Waals surface area (Å²) in [5, 5.41) is 16.3. The number of aryl methyl sites for hydroxylation is 1. The summed E-state index contributed by atoms with van der Waals surface area (Å²) in [5.41, 5.74) is 4.30. The number of hydrogen-bond acceptors (Lipinski definition) is 4. The van der Waals surface area contributed by atoms with E-state index in [0.717, 1.165) is 22.6 Å². The minimum Gasteiger partial charge on any atom is -0.478 e. The van der Waals surface area contributed by atoms with Crippen LogP contribution in [0.3, 0.4) is 0 Å². The fraction of sp³-hybridized carbons (Fsp3) is 0.200. The summed E-state index contributed by atoms with van der Waals surface area (Å²) in [6, 6.07) is 19.9. The molecule has 2 atom stereocenters. The van der Waals surface area contributed by atoms with E-state index in [1.54, 1.807) is 36.5 Å². The summed E-state index contributed by atoms with van der Waals surface area (Å²) >= 11 is 5.74. The molecule has 1 aliphatic rings. The Morgan fingerprint density at radius 2 is 1.80 bits per heavy atom. The molecule has 2 aromatic heterocycles. The van der Waals surface area contributed by atoms with E-state index in [1.165, 1.54) is 12.1 Å². The van der Waals surface area contributed by atoms with Crippen molar-refractivity contribution in [3.05, 3.63) is 113 Å². The molecule has 5 rings (SSSR count). The lowest BCUT2D eigenvalue weighted by Gasteiger charge is -2.28. The quantitative estimate of drug-likeness (QED) is 0.252. The van der Waals surface area contributed by atoms with Gasteiger partial charge < -0.3 is 25.2 Å². The van der Waals surface area contributed by atoms with Gasteiger partial charge in [0.25, 0.3) is 0 Å². The Labute approximate surface area is 236 Å². The molecule has 204 valence electrons. The first-order chi connectivity index (χ1) is 19.3. The van der Waals surface area contributed by atoms with E-state index in [0.29, 0.717) is 10.8 Å². The first-order valence-corrected chi connectivity index (χ1v) is 13.2. The lowest BCUT2D eigenvalue weighted by Crippen LogP contribution is -2.33. The molecule has 8 nitrogen and oxygen atoms in total. The number of aromatic carboxylic acids is 1. The number of carbonyl (C=O) groups excluding carboxylic acids is 1. The van der Waals surface area contributed by atoms with Crippen molar-refractivity contribution in [2.75, 3.05) is 11.9 Å². The van der Waals surface area contributed by atoms with Crippen molar-refractivity contribution < 1.29 is 19.1 Å². The molecule has 10 heteroatoms. The minimum atomic E-state index is -1.01. The Hall–Kier alpha value is -4.57. The molecule has 1 aliphatic heterocycles. The number of para-hydroxylation sites is 2. The summed E-state index contributed by atoms with van der Waals surface area (Å²) in [4.78, 5) is 31.3. The highest BCUT2D eigenvalue weighted by Gasteiger charge is 2.41. The van der Waals surface area contributed by atoms with E-state index in [-0.39, 0.29) is 42.2 Å². The molecule has 0 radical (unpaired) electrons. The first-order valence-electron chi connectivity index (χ1n) is 12.8. The van der Waals surface area contributed by atoms with Gasteiger partial charge in [-0.05, 0) is 74.1 Å². The Balaban J connectivity index is 1.51. The number of nitrogens with zero attached hydrogens (tertiary/aromatic N) is 3. The van der Waals surface area contributed by atoms with Gasteiger partial charge in [0, 0.05) is 30.6 Å². The number of thiocarbonyl (C=S) groups is 1. The zero-order valence-electron chi connectivity index (χ0n) is 22.0. The van der Waals surface area contributed by atoms with E-state index in [2.05, 4.69) is 15.6 Å². The van der Waals surface area contributed by atoms with Crippen molar-refractivity contribution in [1.82, 2.24) is 19.8 Å². The molecule has 0 unspecified atom stereocenters. The van der Waals surface area contributed by atoms with Gasteiger partial charge in [0.1, 0.15) is 5.82 Å². The van der Waals surface area contributed by atoms with Gasteiger partial charge in [0.2, 0.25) is 5.91 Å². The third kappa shape index (κ3) is 5.17. The smallest absolute Gasteiger partial charge is 0.337 e. The van der Waals surface area contributed by atoms with Crippen LogP contribution >= 0.6 is 12.2 Å². The fourth-order valence-electron chi connectivity index (χ4n) is 5.29. The fourth-order valence-corrected chi connectivity index (χ4v) is 5.62. The van der Waals surface area contributed by atoms with Gasteiger partial charge in [-0.1, -0.05) is 30.3 Å². The van der Waals surface area contributed by atoms with Crippen molar-refractivity contribution in [1.29, 1.82) is 0 Å². The lowest BCUT2D eigenvalue weighted by atomic mass is 9.96. The molecule has 4 aromatic rings. The molecule has 3 heterocycles. The van der Waals surface area contributed by atoms with Crippen molar-refractivity contribution in [2.45, 2.75) is 32.4 Å². The average molecular weight is 558 g/mol. The second-order valence-corrected chi connectivity index (χ2v) is 9.97. The predicted octanol–water partition coefficient (Wildman–Crippen LogP) is 5.33. The molecule has 1 fully saturated rings. The highest BCUT2D eigenvalue weighted by Crippen LogP contribution is 2.41. The topological polar surface area (TPSA) is 99.5 Å². The number of benzene rings is 2. The number of carboxylic acids is 1. The maximum atomic E-state index is 14.1. The number of hydrogen-bond donors (Lipinski definition) is 3. The summed E-state index contributed by atoms with van der Waals surface area (Å²) in [7, 11) is 0. The molecule has 3 N–H and O–H groups in total. The molecule has 1 saturated heterocycles. The van der Waals surface area contributed by atoms with Crippen molar-refractivity contribution >= 4 is 34.9 Å². The maximum absolute atomic E-state index is 14.1. The molecule has 40 heavy (non-hydrogen) atoms. The van der Waals surface area contributed by atoms with Crippen molar-refractivity contribution in [2.24, 2.45) is 0 Å². The van der Waals surface area contributed by atoms with Gasteiger partial charge in [0.15, 0.2) is 5.11 Å². The number of halogens is 1. The van der Waals surface area contributed by atoms with Crippen LogP contribution < -0.4 is 10.6 Å². The van der Waals surface area contributed by atoms with Crippen LogP contribution in [0.15, 0.2) is 79.0 Å². The van der Waals surface area contributed by atoms with Crippen LogP contribution in [0.2, 0.25) is 0 Å². The molecule has 2 aromatic carbocycles. The van der Waals surface area contributed by atoms with E-state index in [4.69, 9.17) is 12.2 Å². The first kappa shape index (κ1) is 27.0. The number of anilines is 1. The van der Waals surface area contributed by atoms with Crippen LogP contribution in [-0.4, -0.2) is 43.1 Å². The van der Waals surface area contributed by atoms with Crippen LogP contribution in [0.5, 0.6) is 0 Å². The summed E-state index contributed by atoms with van der Waals surface area (Å²) < 4.78 is 16.0. The molecular weight excluding hydrogens is 529 g/mol. The number of aromatic nitrogens is 2. The van der Waals surface area contributed by atoms with Crippen LogP contribution in [0.1, 0.15) is 51.5 Å². The van der Waals surface area contributed by atoms with E-state index < -0.39 is 11.8 Å². The third-order valence-corrected chi connectivity index (χ3v) is 7.44. The molecular formula is C30H28FN5O3S. The van der Waals surface area contributed by atoms with Gasteiger partial charge in [-0.3, -0.25) is 9.78 Å². The van der Waals surface area contributed by atoms with Crippen LogP contribution in [0.25, 0.3) is 5.69 Å². The van der Waals surface area contributed by atoms with E-state index >= 15 is 0 Å². The summed E-state index contributed by atoms with van der Waals surface area (Å²) in [6.07, 6.45) is 1.79. The predicted molar refractivity (Wildman–Crippen MR) is 154 cm³/mol. The highest BCUT2D eigenvalue weighted by molar-refractivity contribution is 7.80. The second-order valence-electron chi connectivity index (χ2n) is 9.58. The Kier molecular flexibility index (Phi) is 7.61. The zero-order valence-corrected chi connectivity index (χ0v) is 22.8. The normalized spacial score (nSPS) is 16.6. The number of carbonyl (C=O) groups is 2. The SMILES string of the molecule is Cc1cc([C@@H]2[C@@H](c3ccccn3)NC(=S)N2CCC(=O)Nc2ccccc2F)c(C)n1-c1ccccc1C(=O)O. The molecule has 0 spiro atoms. The van der Waals surface area contributed by atoms with Gasteiger partial charge in [-0.15, -0.1) is 0 Å². The number of amides is 1. The number of nitrogens with one attached hydrogen (secondary N) is 2.